The molecule has 2 aliphatic heterocycles. The molecule has 2 fully saturated rings. The van der Waals surface area contributed by atoms with Gasteiger partial charge in [-0.1, -0.05) is 29.8 Å². The van der Waals surface area contributed by atoms with Crippen molar-refractivity contribution in [2.24, 2.45) is 5.92 Å². The van der Waals surface area contributed by atoms with Crippen molar-refractivity contribution in [3.8, 4) is 17.2 Å². The molecule has 3 heterocycles. The molecule has 2 N–H and O–H groups in total. The van der Waals surface area contributed by atoms with Crippen molar-refractivity contribution in [3.05, 3.63) is 71.1 Å². The van der Waals surface area contributed by atoms with Crippen molar-refractivity contribution in [3.63, 3.8) is 0 Å². The standard InChI is InChI=1S/C27H32N4O3S/c1-17-7-9-20(10-8-17)26-28-24(18(2)34-26)16-35-27-29-23-11-12-31(15-22(23)25(32)30-27)14-19-5-4-6-21(13-19)33-3/h4-10,13,22-23,27,29H,11-12,14-16H2,1-3H3,(H,30,32). The highest BCUT2D eigenvalue weighted by Crippen LogP contribution is 2.29. The van der Waals surface area contributed by atoms with Gasteiger partial charge in [0.1, 0.15) is 17.0 Å². The Hall–Kier alpha value is -2.81. The Balaban J connectivity index is 1.16. The van der Waals surface area contributed by atoms with E-state index in [0.717, 1.165) is 48.8 Å². The number of nitrogens with one attached hydrogen (secondary N) is 2. The Bertz CT molecular complexity index is 1180. The molecule has 3 unspecified atom stereocenters. The van der Waals surface area contributed by atoms with E-state index in [1.165, 1.54) is 11.1 Å². The fourth-order valence-corrected chi connectivity index (χ4v) is 5.83. The van der Waals surface area contributed by atoms with Gasteiger partial charge in [0.05, 0.1) is 18.7 Å². The van der Waals surface area contributed by atoms with Crippen molar-refractivity contribution in [2.45, 2.75) is 44.1 Å². The quantitative estimate of drug-likeness (QED) is 0.514. The van der Waals surface area contributed by atoms with Gasteiger partial charge < -0.3 is 14.5 Å². The van der Waals surface area contributed by atoms with Crippen LogP contribution in [0.2, 0.25) is 0 Å². The number of carbonyl (C=O) groups excluding carboxylic acids is 1. The molecule has 1 amide bonds. The Kier molecular flexibility index (Phi) is 7.13. The number of hydrogen-bond acceptors (Lipinski definition) is 7. The first kappa shape index (κ1) is 23.9. The van der Waals surface area contributed by atoms with Crippen LogP contribution in [0.15, 0.2) is 52.9 Å². The lowest BCUT2D eigenvalue weighted by molar-refractivity contribution is -0.130. The zero-order chi connectivity index (χ0) is 24.4. The number of carbonyl (C=O) groups is 1. The first-order valence-electron chi connectivity index (χ1n) is 12.0. The number of oxazole rings is 1. The Morgan fingerprint density at radius 3 is 2.83 bits per heavy atom. The van der Waals surface area contributed by atoms with E-state index in [-0.39, 0.29) is 23.4 Å². The second kappa shape index (κ2) is 10.4. The normalized spacial score (nSPS) is 22.5. The number of nitrogens with zero attached hydrogens (tertiary/aromatic N) is 2. The van der Waals surface area contributed by atoms with Gasteiger partial charge in [0.25, 0.3) is 0 Å². The molecule has 1 aromatic heterocycles. The molecule has 184 valence electrons. The molecular formula is C27H32N4O3S. The Morgan fingerprint density at radius 1 is 1.20 bits per heavy atom. The van der Waals surface area contributed by atoms with Crippen LogP contribution in [0.5, 0.6) is 5.75 Å². The van der Waals surface area contributed by atoms with Crippen molar-refractivity contribution in [1.82, 2.24) is 20.5 Å². The summed E-state index contributed by atoms with van der Waals surface area (Å²) in [6.07, 6.45) is 0.944. The second-order valence-electron chi connectivity index (χ2n) is 9.34. The van der Waals surface area contributed by atoms with E-state index in [1.807, 2.05) is 31.2 Å². The molecule has 0 aliphatic carbocycles. The first-order chi connectivity index (χ1) is 17.0. The van der Waals surface area contributed by atoms with Crippen molar-refractivity contribution in [1.29, 1.82) is 0 Å². The maximum Gasteiger partial charge on any atom is 0.227 e. The van der Waals surface area contributed by atoms with Crippen LogP contribution in [-0.4, -0.2) is 47.5 Å². The largest absolute Gasteiger partial charge is 0.497 e. The summed E-state index contributed by atoms with van der Waals surface area (Å²) in [7, 11) is 1.68. The Labute approximate surface area is 210 Å². The lowest BCUT2D eigenvalue weighted by atomic mass is 9.89. The summed E-state index contributed by atoms with van der Waals surface area (Å²) >= 11 is 1.65. The second-order valence-corrected chi connectivity index (χ2v) is 10.4. The summed E-state index contributed by atoms with van der Waals surface area (Å²) in [5.41, 5.74) is 4.16. The summed E-state index contributed by atoms with van der Waals surface area (Å²) < 4.78 is 11.3. The predicted molar refractivity (Wildman–Crippen MR) is 138 cm³/mol. The van der Waals surface area contributed by atoms with Gasteiger partial charge in [-0.15, -0.1) is 11.8 Å². The topological polar surface area (TPSA) is 79.6 Å². The van der Waals surface area contributed by atoms with Crippen molar-refractivity contribution >= 4 is 17.7 Å². The molecule has 0 saturated carbocycles. The molecule has 3 atom stereocenters. The molecule has 0 bridgehead atoms. The molecule has 35 heavy (non-hydrogen) atoms. The third kappa shape index (κ3) is 5.55. The fraction of sp³-hybridized carbons (Fsp3) is 0.407. The minimum atomic E-state index is -0.132. The Morgan fingerprint density at radius 2 is 2.03 bits per heavy atom. The summed E-state index contributed by atoms with van der Waals surface area (Å²) in [5, 5.41) is 6.81. The highest BCUT2D eigenvalue weighted by Gasteiger charge is 2.40. The van der Waals surface area contributed by atoms with E-state index in [0.29, 0.717) is 11.6 Å². The number of thioether (sulfide) groups is 1. The fourth-order valence-electron chi connectivity index (χ4n) is 4.76. The third-order valence-corrected chi connectivity index (χ3v) is 7.82. The molecule has 5 rings (SSSR count). The zero-order valence-corrected chi connectivity index (χ0v) is 21.2. The smallest absolute Gasteiger partial charge is 0.227 e. The van der Waals surface area contributed by atoms with Crippen LogP contribution in [-0.2, 0) is 17.1 Å². The van der Waals surface area contributed by atoms with Crippen LogP contribution in [0, 0.1) is 19.8 Å². The number of rotatable bonds is 7. The highest BCUT2D eigenvalue weighted by molar-refractivity contribution is 7.99. The van der Waals surface area contributed by atoms with Gasteiger partial charge in [-0.25, -0.2) is 4.98 Å². The predicted octanol–water partition coefficient (Wildman–Crippen LogP) is 4.09. The van der Waals surface area contributed by atoms with E-state index in [9.17, 15) is 4.79 Å². The monoisotopic (exact) mass is 492 g/mol. The van der Waals surface area contributed by atoms with Crippen LogP contribution >= 0.6 is 11.8 Å². The van der Waals surface area contributed by atoms with Gasteiger partial charge in [-0.2, -0.15) is 0 Å². The summed E-state index contributed by atoms with van der Waals surface area (Å²) in [5.74, 6) is 3.06. The molecular weight excluding hydrogens is 460 g/mol. The highest BCUT2D eigenvalue weighted by atomic mass is 32.2. The average Bonchev–Trinajstić information content (AvgIpc) is 3.24. The van der Waals surface area contributed by atoms with Gasteiger partial charge >= 0.3 is 0 Å². The number of aryl methyl sites for hydroxylation is 2. The number of aromatic nitrogens is 1. The minimum Gasteiger partial charge on any atom is -0.497 e. The lowest BCUT2D eigenvalue weighted by Gasteiger charge is -2.43. The van der Waals surface area contributed by atoms with Crippen molar-refractivity contribution < 1.29 is 13.9 Å². The number of fused-ring (bicyclic) bond motifs is 1. The molecule has 2 aliphatic rings. The maximum atomic E-state index is 13.0. The van der Waals surface area contributed by atoms with Gasteiger partial charge in [0.2, 0.25) is 11.8 Å². The van der Waals surface area contributed by atoms with Gasteiger partial charge in [-0.3, -0.25) is 15.0 Å². The molecule has 0 spiro atoms. The number of methoxy groups -OCH3 is 1. The van der Waals surface area contributed by atoms with Crippen LogP contribution in [0.25, 0.3) is 11.5 Å². The molecule has 7 nitrogen and oxygen atoms in total. The number of likely N-dealkylation sites (tertiary alicyclic amines) is 1. The minimum absolute atomic E-state index is 0.0480. The molecule has 2 saturated heterocycles. The van der Waals surface area contributed by atoms with E-state index in [4.69, 9.17) is 14.1 Å². The zero-order valence-electron chi connectivity index (χ0n) is 20.4. The average molecular weight is 493 g/mol. The van der Waals surface area contributed by atoms with E-state index < -0.39 is 0 Å². The number of benzene rings is 2. The summed E-state index contributed by atoms with van der Waals surface area (Å²) in [6, 6.07) is 16.5. The van der Waals surface area contributed by atoms with Gasteiger partial charge in [0.15, 0.2) is 0 Å². The number of amides is 1. The SMILES string of the molecule is COc1cccc(CN2CCC3NC(SCc4nc(-c5ccc(C)cc5)oc4C)NC(=O)C3C2)c1. The summed E-state index contributed by atoms with van der Waals surface area (Å²) in [6.45, 7) is 6.54. The van der Waals surface area contributed by atoms with Crippen LogP contribution in [0.1, 0.15) is 29.0 Å². The van der Waals surface area contributed by atoms with E-state index in [1.54, 1.807) is 18.9 Å². The molecule has 8 heteroatoms. The van der Waals surface area contributed by atoms with Crippen molar-refractivity contribution in [2.75, 3.05) is 20.2 Å². The van der Waals surface area contributed by atoms with E-state index >= 15 is 0 Å². The third-order valence-electron chi connectivity index (χ3n) is 6.79. The lowest BCUT2D eigenvalue weighted by Crippen LogP contribution is -2.64. The van der Waals surface area contributed by atoms with Crippen LogP contribution in [0.3, 0.4) is 0 Å². The van der Waals surface area contributed by atoms with E-state index in [2.05, 4.69) is 46.7 Å². The molecule has 0 radical (unpaired) electrons. The number of piperidine rings is 1. The maximum absolute atomic E-state index is 13.0. The number of ether oxygens (including phenoxy) is 1. The van der Waals surface area contributed by atoms with Crippen LogP contribution in [0.4, 0.5) is 0 Å². The number of hydrogen-bond donors (Lipinski definition) is 2. The van der Waals surface area contributed by atoms with Gasteiger partial charge in [-0.05, 0) is 50.1 Å². The molecule has 2 aromatic carbocycles. The van der Waals surface area contributed by atoms with Crippen LogP contribution < -0.4 is 15.4 Å². The first-order valence-corrected chi connectivity index (χ1v) is 13.1. The summed E-state index contributed by atoms with van der Waals surface area (Å²) in [4.78, 5) is 20.1. The van der Waals surface area contributed by atoms with Gasteiger partial charge in [0, 0.05) is 37.0 Å². The molecule has 3 aromatic rings.